The number of hydrogen-bond acceptors (Lipinski definition) is 2. The smallest absolute Gasteiger partial charge is 0.148 e. The maximum atomic E-state index is 5.46. The summed E-state index contributed by atoms with van der Waals surface area (Å²) in [4.78, 5) is 10.3. The van der Waals surface area contributed by atoms with Gasteiger partial charge in [0.05, 0.1) is 12.5 Å². The van der Waals surface area contributed by atoms with Crippen LogP contribution in [0.1, 0.15) is 5.69 Å². The lowest BCUT2D eigenvalue weighted by Crippen LogP contribution is -2.12. The molecule has 0 bridgehead atoms. The number of H-pyrrole nitrogens is 1. The Labute approximate surface area is 58.5 Å². The van der Waals surface area contributed by atoms with Crippen molar-refractivity contribution < 1.29 is 0 Å². The third-order valence-electron chi connectivity index (χ3n) is 1.00. The van der Waals surface area contributed by atoms with E-state index in [9.17, 15) is 0 Å². The van der Waals surface area contributed by atoms with Crippen molar-refractivity contribution in [2.75, 3.05) is 0 Å². The van der Waals surface area contributed by atoms with Gasteiger partial charge in [-0.3, -0.25) is 0 Å². The molecule has 1 aromatic rings. The molecule has 1 heterocycles. The van der Waals surface area contributed by atoms with Crippen LogP contribution in [0.4, 0.5) is 0 Å². The van der Waals surface area contributed by atoms with Gasteiger partial charge in [-0.15, -0.1) is 0 Å². The van der Waals surface area contributed by atoms with E-state index in [1.807, 2.05) is 0 Å². The second-order valence-corrected chi connectivity index (χ2v) is 1.66. The summed E-state index contributed by atoms with van der Waals surface area (Å²) in [5.74, 6) is 0.396. The zero-order chi connectivity index (χ0) is 7.40. The number of aromatic amines is 1. The molecule has 0 amide bonds. The number of nitrogens with one attached hydrogen (secondary N) is 1. The molecule has 0 aliphatic carbocycles. The number of aliphatic imine (C=N–C) groups is 1. The molecule has 1 rings (SSSR count). The molecule has 0 aliphatic heterocycles. The molecule has 0 radical (unpaired) electrons. The Hall–Kier alpha value is -1.58. The Morgan fingerprint density at radius 3 is 3.20 bits per heavy atom. The van der Waals surface area contributed by atoms with Crippen LogP contribution in [-0.4, -0.2) is 15.8 Å². The molecule has 0 spiro atoms. The first-order valence-corrected chi connectivity index (χ1v) is 2.77. The lowest BCUT2D eigenvalue weighted by atomic mass is 10.4. The van der Waals surface area contributed by atoms with Crippen LogP contribution in [0.5, 0.6) is 0 Å². The number of imidazole rings is 1. The first-order chi connectivity index (χ1) is 4.84. The van der Waals surface area contributed by atoms with Gasteiger partial charge in [0.1, 0.15) is 11.5 Å². The Morgan fingerprint density at radius 2 is 2.70 bits per heavy atom. The third kappa shape index (κ3) is 1.22. The fourth-order valence-electron chi connectivity index (χ4n) is 0.564. The molecule has 3 N–H and O–H groups in total. The van der Waals surface area contributed by atoms with Crippen molar-refractivity contribution in [2.45, 2.75) is 0 Å². The minimum absolute atomic E-state index is 0.396. The highest BCUT2D eigenvalue weighted by molar-refractivity contribution is 5.95. The quantitative estimate of drug-likeness (QED) is 0.452. The summed E-state index contributed by atoms with van der Waals surface area (Å²) >= 11 is 0. The first kappa shape index (κ1) is 6.54. The van der Waals surface area contributed by atoms with Crippen molar-refractivity contribution in [1.82, 2.24) is 9.97 Å². The van der Waals surface area contributed by atoms with Crippen molar-refractivity contribution in [1.29, 1.82) is 0 Å². The highest BCUT2D eigenvalue weighted by atomic mass is 14.9. The second kappa shape index (κ2) is 2.82. The first-order valence-electron chi connectivity index (χ1n) is 2.77. The van der Waals surface area contributed by atoms with E-state index >= 15 is 0 Å². The zero-order valence-corrected chi connectivity index (χ0v) is 5.41. The van der Waals surface area contributed by atoms with Crippen LogP contribution in [0.25, 0.3) is 0 Å². The molecule has 1 aromatic heterocycles. The SMILES string of the molecule is C=CN=C(N)c1cnc[nH]1. The number of rotatable bonds is 2. The normalized spacial score (nSPS) is 11.4. The van der Waals surface area contributed by atoms with Gasteiger partial charge in [0.2, 0.25) is 0 Å². The minimum atomic E-state index is 0.396. The maximum absolute atomic E-state index is 5.46. The molecular formula is C6H8N4. The van der Waals surface area contributed by atoms with Crippen LogP contribution in [0.15, 0.2) is 30.3 Å². The summed E-state index contributed by atoms with van der Waals surface area (Å²) < 4.78 is 0. The predicted octanol–water partition coefficient (Wildman–Crippen LogP) is 0.259. The fourth-order valence-corrected chi connectivity index (χ4v) is 0.564. The van der Waals surface area contributed by atoms with Crippen LogP contribution in [0.3, 0.4) is 0 Å². The molecule has 0 aromatic carbocycles. The van der Waals surface area contributed by atoms with Gasteiger partial charge in [-0.2, -0.15) is 0 Å². The van der Waals surface area contributed by atoms with Crippen molar-refractivity contribution in [3.05, 3.63) is 31.0 Å². The standard InChI is InChI=1S/C6H8N4/c1-2-9-6(7)5-3-8-4-10-5/h2-4H,1H2,(H2,7,9)(H,8,10). The largest absolute Gasteiger partial charge is 0.382 e. The van der Waals surface area contributed by atoms with E-state index in [-0.39, 0.29) is 0 Å². The van der Waals surface area contributed by atoms with Gasteiger partial charge < -0.3 is 10.7 Å². The molecular weight excluding hydrogens is 128 g/mol. The van der Waals surface area contributed by atoms with Crippen molar-refractivity contribution >= 4 is 5.84 Å². The third-order valence-corrected chi connectivity index (χ3v) is 1.00. The van der Waals surface area contributed by atoms with Crippen LogP contribution >= 0.6 is 0 Å². The number of nitrogens with two attached hydrogens (primary N) is 1. The fraction of sp³-hybridized carbons (Fsp3) is 0. The van der Waals surface area contributed by atoms with Gasteiger partial charge in [-0.05, 0) is 0 Å². The summed E-state index contributed by atoms with van der Waals surface area (Å²) in [5, 5.41) is 0. The van der Waals surface area contributed by atoms with Gasteiger partial charge in [-0.25, -0.2) is 9.98 Å². The van der Waals surface area contributed by atoms with E-state index in [2.05, 4.69) is 21.5 Å². The number of nitrogens with zero attached hydrogens (tertiary/aromatic N) is 2. The van der Waals surface area contributed by atoms with Crippen LogP contribution < -0.4 is 5.73 Å². The van der Waals surface area contributed by atoms with E-state index in [1.54, 1.807) is 12.5 Å². The number of hydrogen-bond donors (Lipinski definition) is 2. The van der Waals surface area contributed by atoms with E-state index in [1.165, 1.54) is 6.20 Å². The van der Waals surface area contributed by atoms with Crippen LogP contribution in [0, 0.1) is 0 Å². The molecule has 0 fully saturated rings. The highest BCUT2D eigenvalue weighted by Gasteiger charge is 1.95. The Balaban J connectivity index is 2.86. The molecule has 0 saturated heterocycles. The lowest BCUT2D eigenvalue weighted by molar-refractivity contribution is 1.30. The minimum Gasteiger partial charge on any atom is -0.382 e. The van der Waals surface area contributed by atoms with Gasteiger partial charge in [0.25, 0.3) is 0 Å². The zero-order valence-electron chi connectivity index (χ0n) is 5.41. The Morgan fingerprint density at radius 1 is 1.90 bits per heavy atom. The summed E-state index contributed by atoms with van der Waals surface area (Å²) in [6, 6.07) is 0. The second-order valence-electron chi connectivity index (χ2n) is 1.66. The molecule has 0 unspecified atom stereocenters. The van der Waals surface area contributed by atoms with Gasteiger partial charge in [0, 0.05) is 6.20 Å². The van der Waals surface area contributed by atoms with Crippen molar-refractivity contribution in [3.63, 3.8) is 0 Å². The maximum Gasteiger partial charge on any atom is 0.148 e. The van der Waals surface area contributed by atoms with Crippen LogP contribution in [-0.2, 0) is 0 Å². The molecule has 0 aliphatic rings. The van der Waals surface area contributed by atoms with E-state index < -0.39 is 0 Å². The molecule has 52 valence electrons. The van der Waals surface area contributed by atoms with E-state index in [0.717, 1.165) is 0 Å². The van der Waals surface area contributed by atoms with E-state index in [4.69, 9.17) is 5.73 Å². The van der Waals surface area contributed by atoms with Gasteiger partial charge in [0.15, 0.2) is 0 Å². The molecule has 4 heteroatoms. The molecule has 0 saturated carbocycles. The van der Waals surface area contributed by atoms with Crippen molar-refractivity contribution in [2.24, 2.45) is 10.7 Å². The van der Waals surface area contributed by atoms with Crippen LogP contribution in [0.2, 0.25) is 0 Å². The Kier molecular flexibility index (Phi) is 1.84. The summed E-state index contributed by atoms with van der Waals surface area (Å²) in [7, 11) is 0. The Bertz CT molecular complexity index is 234. The number of aromatic nitrogens is 2. The summed E-state index contributed by atoms with van der Waals surface area (Å²) in [5.41, 5.74) is 6.17. The van der Waals surface area contributed by atoms with Crippen molar-refractivity contribution in [3.8, 4) is 0 Å². The van der Waals surface area contributed by atoms with E-state index in [0.29, 0.717) is 11.5 Å². The summed E-state index contributed by atoms with van der Waals surface area (Å²) in [6.45, 7) is 3.41. The average molecular weight is 136 g/mol. The monoisotopic (exact) mass is 136 g/mol. The predicted molar refractivity (Wildman–Crippen MR) is 39.5 cm³/mol. The molecule has 10 heavy (non-hydrogen) atoms. The number of amidine groups is 1. The molecule has 0 atom stereocenters. The van der Waals surface area contributed by atoms with Gasteiger partial charge >= 0.3 is 0 Å². The molecule has 4 nitrogen and oxygen atoms in total. The lowest BCUT2D eigenvalue weighted by Gasteiger charge is -1.90. The van der Waals surface area contributed by atoms with Gasteiger partial charge in [-0.1, -0.05) is 6.58 Å². The topological polar surface area (TPSA) is 67.1 Å². The average Bonchev–Trinajstić information content (AvgIpc) is 2.38. The highest BCUT2D eigenvalue weighted by Crippen LogP contribution is 1.89. The summed E-state index contributed by atoms with van der Waals surface area (Å²) in [6.07, 6.45) is 4.53.